The van der Waals surface area contributed by atoms with Crippen LogP contribution in [-0.2, 0) is 4.79 Å². The smallest absolute Gasteiger partial charge is 0.321 e. The van der Waals surface area contributed by atoms with E-state index in [0.29, 0.717) is 12.5 Å². The second-order valence-electron chi connectivity index (χ2n) is 3.26. The van der Waals surface area contributed by atoms with Crippen LogP contribution in [0, 0.1) is 5.92 Å². The summed E-state index contributed by atoms with van der Waals surface area (Å²) >= 11 is 5.46. The lowest BCUT2D eigenvalue weighted by molar-refractivity contribution is -0.119. The van der Waals surface area contributed by atoms with Crippen molar-refractivity contribution in [1.82, 2.24) is 10.6 Å². The van der Waals surface area contributed by atoms with Crippen molar-refractivity contribution in [3.05, 3.63) is 0 Å². The van der Waals surface area contributed by atoms with E-state index in [1.165, 1.54) is 19.8 Å². The lowest BCUT2D eigenvalue weighted by Crippen LogP contribution is -2.42. The van der Waals surface area contributed by atoms with Gasteiger partial charge < -0.3 is 5.32 Å². The number of halogens is 1. The molecule has 1 rings (SSSR count). The lowest BCUT2D eigenvalue weighted by Gasteiger charge is -2.06. The Bertz CT molecular complexity index is 214. The number of imide groups is 1. The van der Waals surface area contributed by atoms with E-state index in [9.17, 15) is 9.59 Å². The van der Waals surface area contributed by atoms with Crippen molar-refractivity contribution < 1.29 is 9.59 Å². The number of hydrogen-bond acceptors (Lipinski definition) is 2. The molecule has 1 saturated carbocycles. The van der Waals surface area contributed by atoms with Crippen LogP contribution >= 0.6 is 11.6 Å². The van der Waals surface area contributed by atoms with E-state index in [1.807, 2.05) is 0 Å². The highest BCUT2D eigenvalue weighted by atomic mass is 35.5. The van der Waals surface area contributed by atoms with Crippen LogP contribution in [0.5, 0.6) is 0 Å². The molecule has 0 bridgehead atoms. The lowest BCUT2D eigenvalue weighted by atomic mass is 10.4. The minimum atomic E-state index is -0.674. The van der Waals surface area contributed by atoms with Gasteiger partial charge in [0.25, 0.3) is 0 Å². The van der Waals surface area contributed by atoms with E-state index >= 15 is 0 Å². The highest BCUT2D eigenvalue weighted by Crippen LogP contribution is 2.27. The molecule has 3 amide bonds. The normalized spacial score (nSPS) is 17.7. The van der Waals surface area contributed by atoms with Crippen LogP contribution in [0.15, 0.2) is 0 Å². The van der Waals surface area contributed by atoms with Crippen molar-refractivity contribution in [2.75, 3.05) is 6.54 Å². The van der Waals surface area contributed by atoms with E-state index in [0.717, 1.165) is 0 Å². The van der Waals surface area contributed by atoms with Crippen LogP contribution in [0.4, 0.5) is 4.79 Å². The Balaban J connectivity index is 2.12. The zero-order chi connectivity index (χ0) is 9.84. The van der Waals surface area contributed by atoms with Crippen molar-refractivity contribution >= 4 is 23.5 Å². The summed E-state index contributed by atoms with van der Waals surface area (Å²) in [5.74, 6) is 0.143. The van der Waals surface area contributed by atoms with Crippen LogP contribution < -0.4 is 10.6 Å². The fraction of sp³-hybridized carbons (Fsp3) is 0.750. The van der Waals surface area contributed by atoms with E-state index < -0.39 is 17.3 Å². The van der Waals surface area contributed by atoms with Crippen LogP contribution in [0.1, 0.15) is 19.8 Å². The van der Waals surface area contributed by atoms with E-state index in [4.69, 9.17) is 11.6 Å². The van der Waals surface area contributed by atoms with E-state index in [1.54, 1.807) is 0 Å². The average Bonchev–Trinajstić information content (AvgIpc) is 2.83. The first-order chi connectivity index (χ1) is 6.09. The first kappa shape index (κ1) is 10.3. The quantitative estimate of drug-likeness (QED) is 0.670. The number of rotatable bonds is 3. The van der Waals surface area contributed by atoms with Crippen LogP contribution in [-0.4, -0.2) is 23.9 Å². The molecule has 0 spiro atoms. The highest BCUT2D eigenvalue weighted by Gasteiger charge is 2.22. The molecule has 0 aromatic carbocycles. The van der Waals surface area contributed by atoms with Gasteiger partial charge in [-0.1, -0.05) is 0 Å². The number of carbonyl (C=O) groups is 2. The summed E-state index contributed by atoms with van der Waals surface area (Å²) in [6, 6.07) is -0.454. The first-order valence-electron chi connectivity index (χ1n) is 4.32. The highest BCUT2D eigenvalue weighted by molar-refractivity contribution is 6.31. The van der Waals surface area contributed by atoms with Gasteiger partial charge in [-0.15, -0.1) is 11.6 Å². The molecule has 0 aliphatic heterocycles. The molecule has 2 N–H and O–H groups in total. The van der Waals surface area contributed by atoms with Gasteiger partial charge in [0.15, 0.2) is 0 Å². The van der Waals surface area contributed by atoms with Crippen molar-refractivity contribution in [3.8, 4) is 0 Å². The molecule has 1 aliphatic rings. The summed E-state index contributed by atoms with van der Waals surface area (Å²) in [4.78, 5) is 21.9. The maximum Gasteiger partial charge on any atom is 0.321 e. The van der Waals surface area contributed by atoms with Gasteiger partial charge in [-0.3, -0.25) is 10.1 Å². The summed E-state index contributed by atoms with van der Waals surface area (Å²) in [7, 11) is 0. The maximum atomic E-state index is 11.0. The number of nitrogens with one attached hydrogen (secondary N) is 2. The summed E-state index contributed by atoms with van der Waals surface area (Å²) in [5.41, 5.74) is 0. The molecule has 1 atom stereocenters. The number of amides is 3. The monoisotopic (exact) mass is 204 g/mol. The second kappa shape index (κ2) is 4.46. The average molecular weight is 205 g/mol. The van der Waals surface area contributed by atoms with Gasteiger partial charge in [0, 0.05) is 6.54 Å². The number of hydrogen-bond donors (Lipinski definition) is 2. The third-order valence-corrected chi connectivity index (χ3v) is 2.04. The Labute approximate surface area is 82.0 Å². The molecule has 74 valence electrons. The number of urea groups is 1. The summed E-state index contributed by atoms with van der Waals surface area (Å²) in [5, 5.41) is 4.07. The van der Waals surface area contributed by atoms with Gasteiger partial charge >= 0.3 is 6.03 Å². The van der Waals surface area contributed by atoms with Crippen LogP contribution in [0.3, 0.4) is 0 Å². The third-order valence-electron chi connectivity index (χ3n) is 1.85. The molecule has 1 unspecified atom stereocenters. The molecule has 0 heterocycles. The molecule has 0 aromatic heterocycles. The van der Waals surface area contributed by atoms with E-state index in [2.05, 4.69) is 10.6 Å². The molecular weight excluding hydrogens is 192 g/mol. The first-order valence-corrected chi connectivity index (χ1v) is 4.76. The Morgan fingerprint density at radius 1 is 1.54 bits per heavy atom. The van der Waals surface area contributed by atoms with E-state index in [-0.39, 0.29) is 0 Å². The third kappa shape index (κ3) is 4.12. The molecule has 0 radical (unpaired) electrons. The fourth-order valence-electron chi connectivity index (χ4n) is 0.815. The SMILES string of the molecule is CC(Cl)C(=O)NC(=O)NCC1CC1. The molecule has 1 fully saturated rings. The molecule has 0 aromatic rings. The number of alkyl halides is 1. The molecular formula is C8H13ClN2O2. The predicted molar refractivity (Wildman–Crippen MR) is 49.6 cm³/mol. The summed E-state index contributed by atoms with van der Waals surface area (Å²) in [6.07, 6.45) is 2.33. The molecule has 13 heavy (non-hydrogen) atoms. The Morgan fingerprint density at radius 3 is 2.62 bits per heavy atom. The number of carbonyl (C=O) groups excluding carboxylic acids is 2. The topological polar surface area (TPSA) is 58.2 Å². The van der Waals surface area contributed by atoms with Gasteiger partial charge in [0.05, 0.1) is 0 Å². The molecule has 1 aliphatic carbocycles. The fourth-order valence-corrected chi connectivity index (χ4v) is 0.869. The maximum absolute atomic E-state index is 11.0. The minimum Gasteiger partial charge on any atom is -0.338 e. The summed E-state index contributed by atoms with van der Waals surface area (Å²) < 4.78 is 0. The standard InChI is InChI=1S/C8H13ClN2O2/c1-5(9)7(12)11-8(13)10-4-6-2-3-6/h5-6H,2-4H2,1H3,(H2,10,11,12,13). The van der Waals surface area contributed by atoms with Crippen molar-refractivity contribution in [2.24, 2.45) is 5.92 Å². The summed E-state index contributed by atoms with van der Waals surface area (Å²) in [6.45, 7) is 2.17. The Kier molecular flexibility index (Phi) is 3.54. The van der Waals surface area contributed by atoms with Crippen LogP contribution in [0.2, 0.25) is 0 Å². The largest absolute Gasteiger partial charge is 0.338 e. The van der Waals surface area contributed by atoms with Crippen LogP contribution in [0.25, 0.3) is 0 Å². The Hall–Kier alpha value is -0.770. The predicted octanol–water partition coefficient (Wildman–Crippen LogP) is 0.849. The van der Waals surface area contributed by atoms with Gasteiger partial charge in [-0.2, -0.15) is 0 Å². The van der Waals surface area contributed by atoms with Gasteiger partial charge in [0.2, 0.25) is 5.91 Å². The second-order valence-corrected chi connectivity index (χ2v) is 3.91. The zero-order valence-corrected chi connectivity index (χ0v) is 8.23. The van der Waals surface area contributed by atoms with Gasteiger partial charge in [0.1, 0.15) is 5.38 Å². The van der Waals surface area contributed by atoms with Crippen molar-refractivity contribution in [2.45, 2.75) is 25.1 Å². The van der Waals surface area contributed by atoms with Crippen molar-refractivity contribution in [1.29, 1.82) is 0 Å². The van der Waals surface area contributed by atoms with Gasteiger partial charge in [-0.25, -0.2) is 4.79 Å². The molecule has 5 heteroatoms. The zero-order valence-electron chi connectivity index (χ0n) is 7.47. The minimum absolute atomic E-state index is 0.454. The molecule has 4 nitrogen and oxygen atoms in total. The van der Waals surface area contributed by atoms with Gasteiger partial charge in [-0.05, 0) is 25.7 Å². The van der Waals surface area contributed by atoms with Crippen molar-refractivity contribution in [3.63, 3.8) is 0 Å². The Morgan fingerprint density at radius 2 is 2.15 bits per heavy atom. The molecule has 0 saturated heterocycles.